The van der Waals surface area contributed by atoms with Crippen molar-refractivity contribution in [2.24, 2.45) is 0 Å². The monoisotopic (exact) mass is 553 g/mol. The fourth-order valence-electron chi connectivity index (χ4n) is 3.66. The van der Waals surface area contributed by atoms with E-state index in [1.807, 2.05) is 24.1 Å². The van der Waals surface area contributed by atoms with E-state index in [1.165, 1.54) is 24.4 Å². The number of carboxylic acid groups (broad SMARTS) is 1. The molecule has 1 heterocycles. The quantitative estimate of drug-likeness (QED) is 0.247. The first-order valence-corrected chi connectivity index (χ1v) is 11.7. The van der Waals surface area contributed by atoms with Crippen molar-refractivity contribution in [3.8, 4) is 0 Å². The third kappa shape index (κ3) is 6.24. The van der Waals surface area contributed by atoms with Crippen LogP contribution < -0.4 is 10.2 Å². The summed E-state index contributed by atoms with van der Waals surface area (Å²) in [6.45, 7) is 0. The number of benzene rings is 3. The predicted octanol–water partition coefficient (Wildman–Crippen LogP) is 6.70. The topological polar surface area (TPSA) is 99.6 Å². The highest BCUT2D eigenvalue weighted by Crippen LogP contribution is 2.29. The molecule has 0 unspecified atom stereocenters. The first kappa shape index (κ1) is 27.3. The van der Waals surface area contributed by atoms with Crippen LogP contribution >= 0.6 is 11.6 Å². The lowest BCUT2D eigenvalue weighted by molar-refractivity contribution is -0.137. The number of rotatable bonds is 7. The Kier molecular flexibility index (Phi) is 7.68. The average Bonchev–Trinajstić information content (AvgIpc) is 2.92. The smallest absolute Gasteiger partial charge is 0.416 e. The van der Waals surface area contributed by atoms with Crippen LogP contribution in [0.5, 0.6) is 0 Å². The second-order valence-corrected chi connectivity index (χ2v) is 8.80. The van der Waals surface area contributed by atoms with Crippen LogP contribution in [0.4, 0.5) is 30.2 Å². The molecule has 2 N–H and O–H groups in total. The summed E-state index contributed by atoms with van der Waals surface area (Å²) in [5.41, 5.74) is 0.102. The number of carboxylic acids is 1. The minimum Gasteiger partial charge on any atom is -0.478 e. The highest BCUT2D eigenvalue weighted by atomic mass is 35.5. The van der Waals surface area contributed by atoms with Crippen LogP contribution in [-0.2, 0) is 6.18 Å². The van der Waals surface area contributed by atoms with E-state index in [0.717, 1.165) is 36.0 Å². The van der Waals surface area contributed by atoms with E-state index in [9.17, 15) is 32.7 Å². The zero-order chi connectivity index (χ0) is 28.3. The lowest BCUT2D eigenvalue weighted by Gasteiger charge is -2.19. The van der Waals surface area contributed by atoms with Gasteiger partial charge in [0.1, 0.15) is 5.69 Å². The van der Waals surface area contributed by atoms with Crippen molar-refractivity contribution >= 4 is 46.3 Å². The van der Waals surface area contributed by atoms with Crippen LogP contribution in [-0.4, -0.2) is 34.8 Å². The van der Waals surface area contributed by atoms with Crippen LogP contribution in [0.15, 0.2) is 85.1 Å². The molecule has 0 saturated carbocycles. The van der Waals surface area contributed by atoms with Crippen molar-refractivity contribution in [1.29, 1.82) is 0 Å². The zero-order valence-electron chi connectivity index (χ0n) is 20.2. The lowest BCUT2D eigenvalue weighted by atomic mass is 10.0. The molecule has 0 saturated heterocycles. The number of carbonyl (C=O) groups excluding carboxylic acids is 2. The molecule has 0 radical (unpaired) electrons. The molecule has 198 valence electrons. The predicted molar refractivity (Wildman–Crippen MR) is 140 cm³/mol. The number of pyridine rings is 1. The number of alkyl halides is 3. The van der Waals surface area contributed by atoms with Crippen LogP contribution in [0, 0.1) is 0 Å². The van der Waals surface area contributed by atoms with E-state index in [0.29, 0.717) is 10.7 Å². The van der Waals surface area contributed by atoms with Crippen molar-refractivity contribution in [2.45, 2.75) is 6.18 Å². The highest BCUT2D eigenvalue weighted by molar-refractivity contribution is 6.30. The van der Waals surface area contributed by atoms with Crippen molar-refractivity contribution in [1.82, 2.24) is 4.98 Å². The maximum Gasteiger partial charge on any atom is 0.416 e. The maximum absolute atomic E-state index is 13.0. The van der Waals surface area contributed by atoms with Gasteiger partial charge in [-0.1, -0.05) is 11.6 Å². The molecule has 0 fully saturated rings. The van der Waals surface area contributed by atoms with Gasteiger partial charge in [0.2, 0.25) is 5.78 Å². The summed E-state index contributed by atoms with van der Waals surface area (Å²) in [5, 5.41) is 12.6. The number of nitrogens with one attached hydrogen (secondary N) is 1. The Morgan fingerprint density at radius 1 is 0.872 bits per heavy atom. The highest BCUT2D eigenvalue weighted by Gasteiger charge is 2.30. The van der Waals surface area contributed by atoms with Crippen LogP contribution in [0.2, 0.25) is 5.02 Å². The van der Waals surface area contributed by atoms with E-state index in [-0.39, 0.29) is 28.1 Å². The Balaban J connectivity index is 1.52. The third-order valence-corrected chi connectivity index (χ3v) is 6.07. The van der Waals surface area contributed by atoms with Gasteiger partial charge in [-0.3, -0.25) is 14.6 Å². The molecule has 0 bridgehead atoms. The van der Waals surface area contributed by atoms with Gasteiger partial charge in [-0.05, 0) is 78.9 Å². The normalized spacial score (nSPS) is 11.1. The number of aromatic carboxylic acids is 1. The standard InChI is InChI=1S/C28H19ClF3N3O4/c1-35(20-9-7-19(29)8-10-20)21-11-13-24(33-15-21)25(36)17-4-12-23(22(14-17)27(38)39)34-26(37)16-2-5-18(6-3-16)28(30,31)32/h2-15H,1H3,(H,34,37)(H,38,39). The molecule has 4 rings (SSSR count). The fraction of sp³-hybridized carbons (Fsp3) is 0.0714. The summed E-state index contributed by atoms with van der Waals surface area (Å²) >= 11 is 5.93. The molecular formula is C28H19ClF3N3O4. The van der Waals surface area contributed by atoms with Crippen LogP contribution in [0.3, 0.4) is 0 Å². The number of carbonyl (C=O) groups is 3. The molecule has 1 aromatic heterocycles. The van der Waals surface area contributed by atoms with Gasteiger partial charge in [0.25, 0.3) is 5.91 Å². The Hall–Kier alpha value is -4.70. The number of hydrogen-bond donors (Lipinski definition) is 2. The fourth-order valence-corrected chi connectivity index (χ4v) is 3.78. The van der Waals surface area contributed by atoms with E-state index >= 15 is 0 Å². The number of ketones is 1. The molecule has 39 heavy (non-hydrogen) atoms. The van der Waals surface area contributed by atoms with Gasteiger partial charge < -0.3 is 15.3 Å². The third-order valence-electron chi connectivity index (χ3n) is 5.82. The van der Waals surface area contributed by atoms with Crippen molar-refractivity contribution < 1.29 is 32.7 Å². The summed E-state index contributed by atoms with van der Waals surface area (Å²) < 4.78 is 38.3. The SMILES string of the molecule is CN(c1ccc(Cl)cc1)c1ccc(C(=O)c2ccc(NC(=O)c3ccc(C(F)(F)F)cc3)c(C(=O)O)c2)nc1. The van der Waals surface area contributed by atoms with Gasteiger partial charge in [0.05, 0.1) is 28.7 Å². The largest absolute Gasteiger partial charge is 0.478 e. The summed E-state index contributed by atoms with van der Waals surface area (Å²) in [4.78, 5) is 43.5. The molecule has 3 aromatic carbocycles. The lowest BCUT2D eigenvalue weighted by Crippen LogP contribution is -2.16. The van der Waals surface area contributed by atoms with E-state index < -0.39 is 29.4 Å². The number of anilines is 3. The summed E-state index contributed by atoms with van der Waals surface area (Å²) in [5.74, 6) is -2.77. The molecule has 0 spiro atoms. The second-order valence-electron chi connectivity index (χ2n) is 8.36. The molecule has 0 aliphatic heterocycles. The van der Waals surface area contributed by atoms with Crippen molar-refractivity contribution in [2.75, 3.05) is 17.3 Å². The number of aromatic nitrogens is 1. The molecule has 11 heteroatoms. The van der Waals surface area contributed by atoms with Crippen LogP contribution in [0.1, 0.15) is 42.3 Å². The molecule has 0 atom stereocenters. The zero-order valence-corrected chi connectivity index (χ0v) is 20.9. The van der Waals surface area contributed by atoms with Gasteiger partial charge in [0, 0.05) is 28.9 Å². The molecular weight excluding hydrogens is 535 g/mol. The minimum atomic E-state index is -4.56. The number of halogens is 4. The molecule has 0 aliphatic rings. The Morgan fingerprint density at radius 2 is 1.49 bits per heavy atom. The number of hydrogen-bond acceptors (Lipinski definition) is 5. The number of amides is 1. The molecule has 4 aromatic rings. The first-order chi connectivity index (χ1) is 18.4. The second kappa shape index (κ2) is 11.0. The summed E-state index contributed by atoms with van der Waals surface area (Å²) in [6.07, 6.45) is -3.06. The Labute approximate surface area is 225 Å². The molecule has 1 amide bonds. The Bertz CT molecular complexity index is 1540. The summed E-state index contributed by atoms with van der Waals surface area (Å²) in [6, 6.07) is 17.5. The number of nitrogens with zero attached hydrogens (tertiary/aromatic N) is 2. The maximum atomic E-state index is 13.0. The van der Waals surface area contributed by atoms with Crippen molar-refractivity contribution in [3.05, 3.63) is 118 Å². The van der Waals surface area contributed by atoms with E-state index in [4.69, 9.17) is 11.6 Å². The van der Waals surface area contributed by atoms with Gasteiger partial charge >= 0.3 is 12.1 Å². The van der Waals surface area contributed by atoms with Gasteiger partial charge in [0.15, 0.2) is 0 Å². The van der Waals surface area contributed by atoms with Gasteiger partial charge in [-0.15, -0.1) is 0 Å². The summed E-state index contributed by atoms with van der Waals surface area (Å²) in [7, 11) is 1.82. The van der Waals surface area contributed by atoms with Gasteiger partial charge in [-0.2, -0.15) is 13.2 Å². The molecule has 7 nitrogen and oxygen atoms in total. The first-order valence-electron chi connectivity index (χ1n) is 11.3. The van der Waals surface area contributed by atoms with E-state index in [1.54, 1.807) is 18.2 Å². The van der Waals surface area contributed by atoms with E-state index in [2.05, 4.69) is 10.3 Å². The molecule has 0 aliphatic carbocycles. The van der Waals surface area contributed by atoms with Crippen LogP contribution in [0.25, 0.3) is 0 Å². The minimum absolute atomic E-state index is 0.0197. The Morgan fingerprint density at radius 3 is 2.05 bits per heavy atom. The van der Waals surface area contributed by atoms with Gasteiger partial charge in [-0.25, -0.2) is 4.79 Å². The van der Waals surface area contributed by atoms with Crippen molar-refractivity contribution in [3.63, 3.8) is 0 Å². The average molecular weight is 554 g/mol.